The molecule has 0 aromatic carbocycles. The Bertz CT molecular complexity index is 168. The Balaban J connectivity index is 2.45. The van der Waals surface area contributed by atoms with Gasteiger partial charge >= 0.3 is 0 Å². The van der Waals surface area contributed by atoms with Crippen molar-refractivity contribution >= 4 is 0 Å². The number of likely N-dealkylation sites (N-methyl/N-ethyl adjacent to an activating group) is 2. The fourth-order valence-electron chi connectivity index (χ4n) is 2.88. The SMILES string of the molecule is CCNC(CN(C)C)C1CCCC(C)C1. The van der Waals surface area contributed by atoms with Gasteiger partial charge in [-0.05, 0) is 45.3 Å². The summed E-state index contributed by atoms with van der Waals surface area (Å²) in [4.78, 5) is 2.31. The molecule has 0 spiro atoms. The molecule has 0 heterocycles. The number of rotatable bonds is 5. The molecule has 3 atom stereocenters. The average Bonchev–Trinajstić information content (AvgIpc) is 2.16. The fraction of sp³-hybridized carbons (Fsp3) is 1.00. The molecule has 0 bridgehead atoms. The molecule has 2 nitrogen and oxygen atoms in total. The summed E-state index contributed by atoms with van der Waals surface area (Å²) in [5.41, 5.74) is 0. The van der Waals surface area contributed by atoms with E-state index in [0.717, 1.165) is 18.4 Å². The molecule has 1 aliphatic carbocycles. The predicted octanol–water partition coefficient (Wildman–Crippen LogP) is 2.35. The van der Waals surface area contributed by atoms with Crippen LogP contribution < -0.4 is 5.32 Å². The third-order valence-electron chi connectivity index (χ3n) is 3.57. The zero-order valence-electron chi connectivity index (χ0n) is 10.9. The second-order valence-corrected chi connectivity index (χ2v) is 5.46. The van der Waals surface area contributed by atoms with Crippen molar-refractivity contribution < 1.29 is 0 Å². The van der Waals surface area contributed by atoms with Crippen LogP contribution in [0, 0.1) is 11.8 Å². The van der Waals surface area contributed by atoms with Crippen LogP contribution in [0.5, 0.6) is 0 Å². The second kappa shape index (κ2) is 6.49. The smallest absolute Gasteiger partial charge is 0.0222 e. The van der Waals surface area contributed by atoms with Gasteiger partial charge in [0, 0.05) is 12.6 Å². The molecule has 0 radical (unpaired) electrons. The second-order valence-electron chi connectivity index (χ2n) is 5.46. The summed E-state index contributed by atoms with van der Waals surface area (Å²) >= 11 is 0. The average molecular weight is 212 g/mol. The third-order valence-corrected chi connectivity index (χ3v) is 3.57. The van der Waals surface area contributed by atoms with Gasteiger partial charge in [-0.1, -0.05) is 26.7 Å². The van der Waals surface area contributed by atoms with E-state index in [1.54, 1.807) is 0 Å². The van der Waals surface area contributed by atoms with E-state index in [4.69, 9.17) is 0 Å². The molecule has 1 rings (SSSR count). The Labute approximate surface area is 95.4 Å². The molecule has 0 saturated heterocycles. The summed E-state index contributed by atoms with van der Waals surface area (Å²) in [5, 5.41) is 3.66. The van der Waals surface area contributed by atoms with Gasteiger partial charge < -0.3 is 10.2 Å². The summed E-state index contributed by atoms with van der Waals surface area (Å²) < 4.78 is 0. The first-order chi connectivity index (χ1) is 7.13. The third kappa shape index (κ3) is 4.52. The molecule has 15 heavy (non-hydrogen) atoms. The number of nitrogens with one attached hydrogen (secondary N) is 1. The van der Waals surface area contributed by atoms with E-state index < -0.39 is 0 Å². The Morgan fingerprint density at radius 1 is 1.33 bits per heavy atom. The van der Waals surface area contributed by atoms with Crippen molar-refractivity contribution in [2.45, 2.75) is 45.6 Å². The molecule has 3 unspecified atom stereocenters. The lowest BCUT2D eigenvalue weighted by Gasteiger charge is -2.35. The largest absolute Gasteiger partial charge is 0.313 e. The fourth-order valence-corrected chi connectivity index (χ4v) is 2.88. The van der Waals surface area contributed by atoms with Crippen LogP contribution in [0.25, 0.3) is 0 Å². The Kier molecular flexibility index (Phi) is 5.62. The predicted molar refractivity (Wildman–Crippen MR) is 67.1 cm³/mol. The molecule has 1 N–H and O–H groups in total. The van der Waals surface area contributed by atoms with Crippen molar-refractivity contribution in [3.05, 3.63) is 0 Å². The first-order valence-electron chi connectivity index (χ1n) is 6.51. The molecule has 0 aromatic heterocycles. The van der Waals surface area contributed by atoms with Crippen LogP contribution in [0.4, 0.5) is 0 Å². The van der Waals surface area contributed by atoms with Gasteiger partial charge in [0.1, 0.15) is 0 Å². The maximum absolute atomic E-state index is 3.66. The van der Waals surface area contributed by atoms with Gasteiger partial charge in [0.05, 0.1) is 0 Å². The van der Waals surface area contributed by atoms with Gasteiger partial charge in [-0.25, -0.2) is 0 Å². The van der Waals surface area contributed by atoms with Crippen LogP contribution in [0.2, 0.25) is 0 Å². The lowest BCUT2D eigenvalue weighted by Crippen LogP contribution is -2.45. The Hall–Kier alpha value is -0.0800. The van der Waals surface area contributed by atoms with Crippen LogP contribution >= 0.6 is 0 Å². The summed E-state index contributed by atoms with van der Waals surface area (Å²) in [5.74, 6) is 1.84. The lowest BCUT2D eigenvalue weighted by atomic mass is 9.78. The molecule has 1 saturated carbocycles. The van der Waals surface area contributed by atoms with Gasteiger partial charge in [-0.15, -0.1) is 0 Å². The minimum atomic E-state index is 0.702. The van der Waals surface area contributed by atoms with Gasteiger partial charge in [0.25, 0.3) is 0 Å². The van der Waals surface area contributed by atoms with E-state index in [0.29, 0.717) is 6.04 Å². The standard InChI is InChI=1S/C13H28N2/c1-5-14-13(10-15(3)4)12-8-6-7-11(2)9-12/h11-14H,5-10H2,1-4H3. The van der Waals surface area contributed by atoms with E-state index in [9.17, 15) is 0 Å². The molecule has 0 amide bonds. The monoisotopic (exact) mass is 212 g/mol. The summed E-state index contributed by atoms with van der Waals surface area (Å²) in [6, 6.07) is 0.702. The minimum absolute atomic E-state index is 0.702. The minimum Gasteiger partial charge on any atom is -0.313 e. The van der Waals surface area contributed by atoms with Crippen molar-refractivity contribution in [1.29, 1.82) is 0 Å². The molecule has 1 aliphatic rings. The van der Waals surface area contributed by atoms with Crippen molar-refractivity contribution in [2.75, 3.05) is 27.2 Å². The van der Waals surface area contributed by atoms with Crippen LogP contribution in [0.15, 0.2) is 0 Å². The highest BCUT2D eigenvalue weighted by atomic mass is 15.1. The zero-order chi connectivity index (χ0) is 11.3. The number of hydrogen-bond donors (Lipinski definition) is 1. The zero-order valence-corrected chi connectivity index (χ0v) is 10.9. The van der Waals surface area contributed by atoms with Crippen LogP contribution in [-0.4, -0.2) is 38.1 Å². The Morgan fingerprint density at radius 2 is 2.07 bits per heavy atom. The van der Waals surface area contributed by atoms with Crippen LogP contribution in [0.1, 0.15) is 39.5 Å². The maximum atomic E-state index is 3.66. The summed E-state index contributed by atoms with van der Waals surface area (Å²) in [6.07, 6.45) is 5.72. The van der Waals surface area contributed by atoms with E-state index >= 15 is 0 Å². The summed E-state index contributed by atoms with van der Waals surface area (Å²) in [6.45, 7) is 6.91. The van der Waals surface area contributed by atoms with E-state index in [2.05, 4.69) is 38.2 Å². The van der Waals surface area contributed by atoms with Crippen LogP contribution in [0.3, 0.4) is 0 Å². The number of hydrogen-bond acceptors (Lipinski definition) is 2. The highest BCUT2D eigenvalue weighted by molar-refractivity contribution is 4.82. The highest BCUT2D eigenvalue weighted by Gasteiger charge is 2.26. The van der Waals surface area contributed by atoms with Crippen molar-refractivity contribution in [2.24, 2.45) is 11.8 Å². The van der Waals surface area contributed by atoms with Gasteiger partial charge in [-0.3, -0.25) is 0 Å². The van der Waals surface area contributed by atoms with E-state index in [1.165, 1.54) is 32.2 Å². The molecule has 0 aliphatic heterocycles. The van der Waals surface area contributed by atoms with Gasteiger partial charge in [-0.2, -0.15) is 0 Å². The molecule has 0 aromatic rings. The van der Waals surface area contributed by atoms with Crippen molar-refractivity contribution in [3.8, 4) is 0 Å². The Morgan fingerprint density at radius 3 is 2.60 bits per heavy atom. The first kappa shape index (κ1) is 13.0. The maximum Gasteiger partial charge on any atom is 0.0222 e. The topological polar surface area (TPSA) is 15.3 Å². The molecule has 2 heteroatoms. The van der Waals surface area contributed by atoms with E-state index in [-0.39, 0.29) is 0 Å². The normalized spacial score (nSPS) is 29.4. The van der Waals surface area contributed by atoms with Crippen LogP contribution in [-0.2, 0) is 0 Å². The molecule has 90 valence electrons. The van der Waals surface area contributed by atoms with Gasteiger partial charge in [0.2, 0.25) is 0 Å². The summed E-state index contributed by atoms with van der Waals surface area (Å²) in [7, 11) is 4.35. The molecular weight excluding hydrogens is 184 g/mol. The highest BCUT2D eigenvalue weighted by Crippen LogP contribution is 2.30. The van der Waals surface area contributed by atoms with E-state index in [1.807, 2.05) is 0 Å². The van der Waals surface area contributed by atoms with Gasteiger partial charge in [0.15, 0.2) is 0 Å². The molecule has 1 fully saturated rings. The quantitative estimate of drug-likeness (QED) is 0.752. The molecular formula is C13H28N2. The first-order valence-corrected chi connectivity index (χ1v) is 6.51. The van der Waals surface area contributed by atoms with Crippen molar-refractivity contribution in [1.82, 2.24) is 10.2 Å². The number of nitrogens with zero attached hydrogens (tertiary/aromatic N) is 1. The van der Waals surface area contributed by atoms with Crippen molar-refractivity contribution in [3.63, 3.8) is 0 Å². The lowest BCUT2D eigenvalue weighted by molar-refractivity contribution is 0.193.